The molecule has 47 heavy (non-hydrogen) atoms. The van der Waals surface area contributed by atoms with Crippen molar-refractivity contribution in [3.8, 4) is 16.9 Å². The van der Waals surface area contributed by atoms with E-state index in [2.05, 4.69) is 36.2 Å². The summed E-state index contributed by atoms with van der Waals surface area (Å²) >= 11 is 8.77. The van der Waals surface area contributed by atoms with Gasteiger partial charge < -0.3 is 14.5 Å². The third-order valence-corrected chi connectivity index (χ3v) is 8.88. The minimum absolute atomic E-state index is 0.281. The molecule has 0 fully saturated rings. The van der Waals surface area contributed by atoms with Gasteiger partial charge in [-0.15, -0.1) is 0 Å². The molecule has 1 unspecified atom stereocenters. The topological polar surface area (TPSA) is 93.7 Å². The van der Waals surface area contributed by atoms with Crippen molar-refractivity contribution in [1.82, 2.24) is 19.6 Å². The molecular formula is C35H52FN5O3S3. The van der Waals surface area contributed by atoms with E-state index in [9.17, 15) is 13.4 Å². The lowest BCUT2D eigenvalue weighted by molar-refractivity contribution is 0.0245. The number of thiol groups is 2. The largest absolute Gasteiger partial charge is 0.444 e. The summed E-state index contributed by atoms with van der Waals surface area (Å²) in [6.07, 6.45) is 8.63. The first kappa shape index (κ1) is 39.1. The minimum atomic E-state index is -1.55. The second-order valence-electron chi connectivity index (χ2n) is 12.7. The van der Waals surface area contributed by atoms with Crippen LogP contribution in [0.5, 0.6) is 0 Å². The molecule has 0 bridgehead atoms. The Labute approximate surface area is 294 Å². The highest BCUT2D eigenvalue weighted by atomic mass is 32.2. The van der Waals surface area contributed by atoms with Gasteiger partial charge in [-0.1, -0.05) is 32.1 Å². The molecule has 1 amide bonds. The number of carbonyl (C=O) groups is 1. The fourth-order valence-electron chi connectivity index (χ4n) is 5.30. The number of aromatic nitrogens is 2. The van der Waals surface area contributed by atoms with Gasteiger partial charge >= 0.3 is 6.09 Å². The van der Waals surface area contributed by atoms with E-state index in [-0.39, 0.29) is 11.9 Å². The lowest BCUT2D eigenvalue weighted by Gasteiger charge is -2.29. The smallest absolute Gasteiger partial charge is 0.410 e. The Hall–Kier alpha value is -2.38. The monoisotopic (exact) mass is 705 g/mol. The molecular weight excluding hydrogens is 654 g/mol. The lowest BCUT2D eigenvalue weighted by atomic mass is 10.1. The summed E-state index contributed by atoms with van der Waals surface area (Å²) in [5, 5.41) is 10.4. The predicted octanol–water partition coefficient (Wildman–Crippen LogP) is 7.33. The molecule has 0 saturated heterocycles. The van der Waals surface area contributed by atoms with Crippen molar-refractivity contribution in [2.75, 3.05) is 44.2 Å². The zero-order valence-electron chi connectivity index (χ0n) is 28.1. The van der Waals surface area contributed by atoms with Gasteiger partial charge in [0.25, 0.3) is 0 Å². The zero-order chi connectivity index (χ0) is 34.2. The first-order chi connectivity index (χ1) is 22.5. The predicted molar refractivity (Wildman–Crippen MR) is 198 cm³/mol. The lowest BCUT2D eigenvalue weighted by Crippen LogP contribution is -2.43. The van der Waals surface area contributed by atoms with Crippen LogP contribution in [-0.2, 0) is 22.1 Å². The average molecular weight is 706 g/mol. The van der Waals surface area contributed by atoms with E-state index in [0.29, 0.717) is 23.7 Å². The summed E-state index contributed by atoms with van der Waals surface area (Å²) in [6, 6.07) is 15.7. The van der Waals surface area contributed by atoms with E-state index in [1.807, 2.05) is 37.6 Å². The number of nitrogens with two attached hydrogens (primary N) is 1. The SMILES string of the molecule is CC(C)(C)OC(=O)N(CCS)CCN(CCS)CCCCCCCCCc1cc(-c2ccc(F)cc2)n(-c2ccc(S(N)=O)cc2)n1. The van der Waals surface area contributed by atoms with E-state index < -0.39 is 16.6 Å². The Morgan fingerprint density at radius 2 is 1.49 bits per heavy atom. The molecule has 2 N–H and O–H groups in total. The summed E-state index contributed by atoms with van der Waals surface area (Å²) in [4.78, 5) is 17.3. The van der Waals surface area contributed by atoms with Crippen molar-refractivity contribution in [3.63, 3.8) is 0 Å². The maximum absolute atomic E-state index is 13.6. The fraction of sp³-hybridized carbons (Fsp3) is 0.543. The normalized spacial score (nSPS) is 12.4. The summed E-state index contributed by atoms with van der Waals surface area (Å²) in [6.45, 7) is 9.53. The molecule has 3 rings (SSSR count). The first-order valence-electron chi connectivity index (χ1n) is 16.5. The van der Waals surface area contributed by atoms with Gasteiger partial charge in [0.1, 0.15) is 22.4 Å². The number of nitrogens with zero attached hydrogens (tertiary/aromatic N) is 4. The molecule has 0 aliphatic carbocycles. The number of rotatable bonds is 20. The van der Waals surface area contributed by atoms with Gasteiger partial charge in [-0.25, -0.2) is 23.2 Å². The Morgan fingerprint density at radius 1 is 0.872 bits per heavy atom. The van der Waals surface area contributed by atoms with E-state index in [0.717, 1.165) is 73.7 Å². The second-order valence-corrected chi connectivity index (χ2v) is 14.7. The van der Waals surface area contributed by atoms with Gasteiger partial charge in [0.15, 0.2) is 0 Å². The summed E-state index contributed by atoms with van der Waals surface area (Å²) in [5.74, 6) is 1.10. The molecule has 8 nitrogen and oxygen atoms in total. The standard InChI is InChI=1S/C35H52FN5O3S3/c1-35(2,3)44-34(42)40(24-26-46)22-21-39(23-25-45)20-10-8-6-4-5-7-9-11-30-27-33(28-12-14-29(36)15-13-28)41(38-30)31-16-18-32(19-17-31)47(37)43/h12-19,27,45-46H,4-11,20-26,37H2,1-3H3. The van der Waals surface area contributed by atoms with Crippen molar-refractivity contribution < 1.29 is 18.1 Å². The molecule has 0 aliphatic rings. The maximum Gasteiger partial charge on any atom is 0.410 e. The van der Waals surface area contributed by atoms with Crippen LogP contribution >= 0.6 is 25.3 Å². The van der Waals surface area contributed by atoms with Gasteiger partial charge in [-0.3, -0.25) is 0 Å². The van der Waals surface area contributed by atoms with Crippen molar-refractivity contribution >= 4 is 42.3 Å². The van der Waals surface area contributed by atoms with Crippen molar-refractivity contribution in [2.24, 2.45) is 5.14 Å². The van der Waals surface area contributed by atoms with Gasteiger partial charge in [-0.05, 0) is 101 Å². The van der Waals surface area contributed by atoms with E-state index >= 15 is 0 Å². The molecule has 0 aliphatic heterocycles. The van der Waals surface area contributed by atoms with E-state index in [1.54, 1.807) is 29.2 Å². The molecule has 1 aromatic heterocycles. The van der Waals surface area contributed by atoms with Crippen LogP contribution in [0.15, 0.2) is 59.5 Å². The second kappa shape index (κ2) is 20.2. The Morgan fingerprint density at radius 3 is 2.09 bits per heavy atom. The third-order valence-electron chi connectivity index (χ3n) is 7.74. The molecule has 0 radical (unpaired) electrons. The molecule has 1 heterocycles. The highest BCUT2D eigenvalue weighted by Crippen LogP contribution is 2.26. The zero-order valence-corrected chi connectivity index (χ0v) is 30.7. The van der Waals surface area contributed by atoms with Crippen LogP contribution in [0.3, 0.4) is 0 Å². The number of halogens is 1. The number of hydrogen-bond acceptors (Lipinski definition) is 7. The average Bonchev–Trinajstić information content (AvgIpc) is 3.45. The maximum atomic E-state index is 13.6. The van der Waals surface area contributed by atoms with Crippen LogP contribution in [0.2, 0.25) is 0 Å². The quantitative estimate of drug-likeness (QED) is 0.0846. The molecule has 12 heteroatoms. The molecule has 2 aromatic carbocycles. The van der Waals surface area contributed by atoms with Crippen LogP contribution < -0.4 is 5.14 Å². The minimum Gasteiger partial charge on any atom is -0.444 e. The third kappa shape index (κ3) is 13.9. The summed E-state index contributed by atoms with van der Waals surface area (Å²) in [7, 11) is -1.55. The highest BCUT2D eigenvalue weighted by Gasteiger charge is 2.22. The van der Waals surface area contributed by atoms with Gasteiger partial charge in [-0.2, -0.15) is 30.4 Å². The first-order valence-corrected chi connectivity index (χ1v) is 19.0. The van der Waals surface area contributed by atoms with Crippen LogP contribution in [0, 0.1) is 5.82 Å². The number of unbranched alkanes of at least 4 members (excludes halogenated alkanes) is 6. The number of hydrogen-bond donors (Lipinski definition) is 3. The number of amides is 1. The van der Waals surface area contributed by atoms with Crippen molar-refractivity contribution in [2.45, 2.75) is 82.6 Å². The fourth-order valence-corrected chi connectivity index (χ4v) is 6.23. The molecule has 1 atom stereocenters. The Balaban J connectivity index is 1.41. The van der Waals surface area contributed by atoms with Gasteiger partial charge in [0.2, 0.25) is 0 Å². The van der Waals surface area contributed by atoms with Crippen molar-refractivity contribution in [3.05, 3.63) is 66.1 Å². The number of aryl methyl sites for hydroxylation is 1. The van der Waals surface area contributed by atoms with E-state index in [1.165, 1.54) is 37.8 Å². The number of ether oxygens (including phenoxy) is 1. The summed E-state index contributed by atoms with van der Waals surface area (Å²) in [5.41, 5.74) is 3.06. The summed E-state index contributed by atoms with van der Waals surface area (Å²) < 4.78 is 32.7. The van der Waals surface area contributed by atoms with Crippen LogP contribution in [0.25, 0.3) is 16.9 Å². The van der Waals surface area contributed by atoms with E-state index in [4.69, 9.17) is 15.0 Å². The molecule has 3 aromatic rings. The van der Waals surface area contributed by atoms with Crippen LogP contribution in [0.1, 0.15) is 71.4 Å². The molecule has 0 saturated carbocycles. The Kier molecular flexibility index (Phi) is 16.8. The van der Waals surface area contributed by atoms with Crippen LogP contribution in [-0.4, -0.2) is 79.7 Å². The molecule has 0 spiro atoms. The van der Waals surface area contributed by atoms with Crippen molar-refractivity contribution in [1.29, 1.82) is 0 Å². The van der Waals surface area contributed by atoms with Gasteiger partial charge in [0, 0.05) is 43.2 Å². The van der Waals surface area contributed by atoms with Crippen LogP contribution in [0.4, 0.5) is 9.18 Å². The Bertz CT molecular complexity index is 1380. The number of benzene rings is 2. The highest BCUT2D eigenvalue weighted by molar-refractivity contribution is 7.82. The number of carbonyl (C=O) groups excluding carboxylic acids is 1. The van der Waals surface area contributed by atoms with Gasteiger partial charge in [0.05, 0.1) is 22.0 Å². The molecule has 260 valence electrons.